The van der Waals surface area contributed by atoms with Gasteiger partial charge < -0.3 is 9.47 Å². The lowest BCUT2D eigenvalue weighted by Gasteiger charge is -2.08. The molecule has 0 saturated carbocycles. The minimum Gasteiger partial charge on any atom is -0.493 e. The van der Waals surface area contributed by atoms with E-state index >= 15 is 0 Å². The molecule has 0 aliphatic carbocycles. The van der Waals surface area contributed by atoms with Crippen LogP contribution in [0, 0.1) is 0 Å². The van der Waals surface area contributed by atoms with Gasteiger partial charge in [-0.15, -0.1) is 0 Å². The number of benzene rings is 1. The Hall–Kier alpha value is -1.16. The molecule has 0 spiro atoms. The Labute approximate surface area is 87.4 Å². The molecule has 0 bridgehead atoms. The van der Waals surface area contributed by atoms with Crippen LogP contribution in [-0.4, -0.2) is 19.3 Å². The summed E-state index contributed by atoms with van der Waals surface area (Å²) in [5, 5.41) is 0.0530. The van der Waals surface area contributed by atoms with Crippen LogP contribution < -0.4 is 9.47 Å². The summed E-state index contributed by atoms with van der Waals surface area (Å²) in [5.74, 6) is 1.30. The van der Waals surface area contributed by atoms with E-state index < -0.39 is 0 Å². The van der Waals surface area contributed by atoms with Crippen molar-refractivity contribution in [2.45, 2.75) is 11.8 Å². The number of carbonyl (C=O) groups excluding carboxylic acids is 1. The van der Waals surface area contributed by atoms with E-state index in [-0.39, 0.29) is 5.12 Å². The zero-order chi connectivity index (χ0) is 10.6. The molecule has 0 saturated heterocycles. The third kappa shape index (κ3) is 2.67. The normalized spacial score (nSPS) is 9.64. The van der Waals surface area contributed by atoms with Crippen molar-refractivity contribution < 1.29 is 14.3 Å². The van der Waals surface area contributed by atoms with Crippen molar-refractivity contribution in [3.8, 4) is 11.5 Å². The molecule has 14 heavy (non-hydrogen) atoms. The van der Waals surface area contributed by atoms with Crippen LogP contribution in [0.25, 0.3) is 0 Å². The highest BCUT2D eigenvalue weighted by molar-refractivity contribution is 8.13. The molecule has 0 amide bonds. The summed E-state index contributed by atoms with van der Waals surface area (Å²) in [6.45, 7) is 1.53. The molecule has 0 radical (unpaired) electrons. The Morgan fingerprint density at radius 1 is 1.21 bits per heavy atom. The zero-order valence-corrected chi connectivity index (χ0v) is 9.18. The maximum absolute atomic E-state index is 10.9. The summed E-state index contributed by atoms with van der Waals surface area (Å²) in [5.41, 5.74) is 0. The van der Waals surface area contributed by atoms with Gasteiger partial charge in [-0.25, -0.2) is 0 Å². The van der Waals surface area contributed by atoms with Gasteiger partial charge >= 0.3 is 0 Å². The Morgan fingerprint density at radius 2 is 1.86 bits per heavy atom. The van der Waals surface area contributed by atoms with Crippen molar-refractivity contribution in [2.24, 2.45) is 0 Å². The molecule has 0 fully saturated rings. The van der Waals surface area contributed by atoms with Gasteiger partial charge in [0, 0.05) is 11.8 Å². The Kier molecular flexibility index (Phi) is 3.83. The summed E-state index contributed by atoms with van der Waals surface area (Å²) < 4.78 is 10.2. The van der Waals surface area contributed by atoms with Crippen LogP contribution in [0.5, 0.6) is 11.5 Å². The van der Waals surface area contributed by atoms with E-state index in [2.05, 4.69) is 0 Å². The Balaban J connectivity index is 2.95. The monoisotopic (exact) mass is 212 g/mol. The predicted molar refractivity (Wildman–Crippen MR) is 56.1 cm³/mol. The van der Waals surface area contributed by atoms with E-state index in [0.717, 1.165) is 4.90 Å². The molecule has 0 aromatic heterocycles. The summed E-state index contributed by atoms with van der Waals surface area (Å²) in [4.78, 5) is 11.7. The molecule has 0 aliphatic rings. The van der Waals surface area contributed by atoms with Gasteiger partial charge in [0.1, 0.15) is 0 Å². The van der Waals surface area contributed by atoms with Gasteiger partial charge in [0.25, 0.3) is 0 Å². The molecule has 0 unspecified atom stereocenters. The van der Waals surface area contributed by atoms with Crippen LogP contribution in [0.15, 0.2) is 23.1 Å². The van der Waals surface area contributed by atoms with E-state index in [1.54, 1.807) is 26.4 Å². The van der Waals surface area contributed by atoms with Crippen LogP contribution in [-0.2, 0) is 4.79 Å². The maximum atomic E-state index is 10.9. The second-order valence-corrected chi connectivity index (χ2v) is 3.86. The first-order valence-electron chi connectivity index (χ1n) is 4.08. The van der Waals surface area contributed by atoms with E-state index in [0.29, 0.717) is 11.5 Å². The predicted octanol–water partition coefficient (Wildman–Crippen LogP) is 2.34. The van der Waals surface area contributed by atoms with E-state index in [1.807, 2.05) is 6.07 Å². The van der Waals surface area contributed by atoms with Crippen LogP contribution in [0.1, 0.15) is 6.92 Å². The number of hydrogen-bond acceptors (Lipinski definition) is 4. The molecule has 0 atom stereocenters. The SMILES string of the molecule is COc1ccc(SC(C)=O)cc1OC. The highest BCUT2D eigenvalue weighted by atomic mass is 32.2. The number of thioether (sulfide) groups is 1. The van der Waals surface area contributed by atoms with Crippen molar-refractivity contribution >= 4 is 16.9 Å². The second-order valence-electron chi connectivity index (χ2n) is 2.61. The van der Waals surface area contributed by atoms with Gasteiger partial charge in [-0.05, 0) is 18.2 Å². The van der Waals surface area contributed by atoms with Crippen molar-refractivity contribution in [1.29, 1.82) is 0 Å². The van der Waals surface area contributed by atoms with Crippen LogP contribution in [0.4, 0.5) is 0 Å². The quantitative estimate of drug-likeness (QED) is 0.720. The summed E-state index contributed by atoms with van der Waals surface area (Å²) in [6.07, 6.45) is 0. The fourth-order valence-electron chi connectivity index (χ4n) is 1.05. The number of ether oxygens (including phenoxy) is 2. The van der Waals surface area contributed by atoms with Gasteiger partial charge in [-0.2, -0.15) is 0 Å². The largest absolute Gasteiger partial charge is 0.493 e. The standard InChI is InChI=1S/C10H12O3S/c1-7(11)14-8-4-5-9(12-2)10(6-8)13-3/h4-6H,1-3H3. The molecule has 1 rings (SSSR count). The second kappa shape index (κ2) is 4.91. The van der Waals surface area contributed by atoms with E-state index in [1.165, 1.54) is 18.7 Å². The number of hydrogen-bond donors (Lipinski definition) is 0. The average molecular weight is 212 g/mol. The lowest BCUT2D eigenvalue weighted by molar-refractivity contribution is -0.109. The average Bonchev–Trinajstić information content (AvgIpc) is 2.16. The molecule has 1 aromatic carbocycles. The first kappa shape index (κ1) is 10.9. The number of carbonyl (C=O) groups is 1. The number of rotatable bonds is 3. The number of methoxy groups -OCH3 is 2. The van der Waals surface area contributed by atoms with Gasteiger partial charge in [0.2, 0.25) is 0 Å². The van der Waals surface area contributed by atoms with E-state index in [9.17, 15) is 4.79 Å². The fourth-order valence-corrected chi connectivity index (χ4v) is 1.68. The van der Waals surface area contributed by atoms with Crippen molar-refractivity contribution in [3.63, 3.8) is 0 Å². The van der Waals surface area contributed by atoms with Gasteiger partial charge in [-0.1, -0.05) is 11.8 Å². The Bertz CT molecular complexity index is 336. The summed E-state index contributed by atoms with van der Waals surface area (Å²) >= 11 is 1.17. The molecule has 0 heterocycles. The van der Waals surface area contributed by atoms with Crippen molar-refractivity contribution in [1.82, 2.24) is 0 Å². The highest BCUT2D eigenvalue weighted by Crippen LogP contribution is 2.31. The Morgan fingerprint density at radius 3 is 2.36 bits per heavy atom. The molecule has 0 N–H and O–H groups in total. The maximum Gasteiger partial charge on any atom is 0.190 e. The van der Waals surface area contributed by atoms with Crippen LogP contribution in [0.2, 0.25) is 0 Å². The lowest BCUT2D eigenvalue weighted by Crippen LogP contribution is -1.91. The summed E-state index contributed by atoms with van der Waals surface area (Å²) in [7, 11) is 3.15. The molecule has 4 heteroatoms. The fraction of sp³-hybridized carbons (Fsp3) is 0.300. The third-order valence-electron chi connectivity index (χ3n) is 1.62. The molecule has 1 aromatic rings. The lowest BCUT2D eigenvalue weighted by atomic mass is 10.3. The van der Waals surface area contributed by atoms with Crippen molar-refractivity contribution in [3.05, 3.63) is 18.2 Å². The van der Waals surface area contributed by atoms with Crippen molar-refractivity contribution in [2.75, 3.05) is 14.2 Å². The first-order chi connectivity index (χ1) is 6.67. The third-order valence-corrected chi connectivity index (χ3v) is 2.39. The minimum atomic E-state index is 0.0530. The molecule has 76 valence electrons. The van der Waals surface area contributed by atoms with Gasteiger partial charge in [-0.3, -0.25) is 4.79 Å². The van der Waals surface area contributed by atoms with E-state index in [4.69, 9.17) is 9.47 Å². The first-order valence-corrected chi connectivity index (χ1v) is 4.89. The molecule has 0 aliphatic heterocycles. The molecular formula is C10H12O3S. The molecule has 3 nitrogen and oxygen atoms in total. The topological polar surface area (TPSA) is 35.5 Å². The van der Waals surface area contributed by atoms with Gasteiger partial charge in [0.05, 0.1) is 14.2 Å². The van der Waals surface area contributed by atoms with Crippen LogP contribution >= 0.6 is 11.8 Å². The highest BCUT2D eigenvalue weighted by Gasteiger charge is 2.05. The smallest absolute Gasteiger partial charge is 0.190 e. The molecular weight excluding hydrogens is 200 g/mol. The zero-order valence-electron chi connectivity index (χ0n) is 8.37. The summed E-state index contributed by atoms with van der Waals surface area (Å²) in [6, 6.07) is 5.39. The van der Waals surface area contributed by atoms with Gasteiger partial charge in [0.15, 0.2) is 16.6 Å². The van der Waals surface area contributed by atoms with Crippen LogP contribution in [0.3, 0.4) is 0 Å². The minimum absolute atomic E-state index is 0.0530.